The minimum atomic E-state index is 0.327. The molecule has 0 saturated carbocycles. The van der Waals surface area contributed by atoms with E-state index in [2.05, 4.69) is 45.2 Å². The van der Waals surface area contributed by atoms with E-state index in [0.717, 1.165) is 33.7 Å². The molecule has 0 unspecified atom stereocenters. The SMILES string of the molecule is Cc1cc(-c2[nH]nc(-c3ccncc3)c2C(C)C)cn2ncnc12. The lowest BCUT2D eigenvalue weighted by Crippen LogP contribution is -1.96. The summed E-state index contributed by atoms with van der Waals surface area (Å²) < 4.78 is 1.81. The van der Waals surface area contributed by atoms with E-state index in [1.165, 1.54) is 5.56 Å². The third-order valence-electron chi connectivity index (χ3n) is 4.18. The van der Waals surface area contributed by atoms with Gasteiger partial charge in [0.25, 0.3) is 0 Å². The Morgan fingerprint density at radius 3 is 2.67 bits per heavy atom. The summed E-state index contributed by atoms with van der Waals surface area (Å²) in [5.74, 6) is 0.327. The minimum absolute atomic E-state index is 0.327. The topological polar surface area (TPSA) is 71.8 Å². The number of nitrogens with one attached hydrogen (secondary N) is 1. The first-order valence-electron chi connectivity index (χ1n) is 7.94. The van der Waals surface area contributed by atoms with Crippen molar-refractivity contribution in [1.82, 2.24) is 29.8 Å². The van der Waals surface area contributed by atoms with Crippen molar-refractivity contribution in [2.45, 2.75) is 26.7 Å². The quantitative estimate of drug-likeness (QED) is 0.626. The first kappa shape index (κ1) is 14.6. The van der Waals surface area contributed by atoms with E-state index < -0.39 is 0 Å². The van der Waals surface area contributed by atoms with Gasteiger partial charge >= 0.3 is 0 Å². The molecule has 0 spiro atoms. The zero-order valence-corrected chi connectivity index (χ0v) is 13.9. The van der Waals surface area contributed by atoms with Crippen molar-refractivity contribution in [2.75, 3.05) is 0 Å². The number of aryl methyl sites for hydroxylation is 1. The molecule has 0 fully saturated rings. The summed E-state index contributed by atoms with van der Waals surface area (Å²) in [6.07, 6.45) is 7.15. The van der Waals surface area contributed by atoms with Gasteiger partial charge in [-0.2, -0.15) is 10.2 Å². The molecule has 0 aromatic carbocycles. The van der Waals surface area contributed by atoms with E-state index in [1.54, 1.807) is 18.7 Å². The van der Waals surface area contributed by atoms with Crippen molar-refractivity contribution in [3.05, 3.63) is 54.2 Å². The van der Waals surface area contributed by atoms with Crippen LogP contribution in [0.1, 0.15) is 30.9 Å². The molecule has 6 heteroatoms. The Kier molecular flexibility index (Phi) is 3.37. The van der Waals surface area contributed by atoms with E-state index in [9.17, 15) is 0 Å². The number of hydrogen-bond acceptors (Lipinski definition) is 4. The van der Waals surface area contributed by atoms with Gasteiger partial charge in [-0.1, -0.05) is 13.8 Å². The first-order valence-corrected chi connectivity index (χ1v) is 7.94. The molecular weight excluding hydrogens is 300 g/mol. The molecule has 0 aliphatic rings. The molecule has 120 valence electrons. The molecule has 0 atom stereocenters. The van der Waals surface area contributed by atoms with Gasteiger partial charge in [0.2, 0.25) is 0 Å². The van der Waals surface area contributed by atoms with Gasteiger partial charge < -0.3 is 0 Å². The van der Waals surface area contributed by atoms with Gasteiger partial charge in [0.1, 0.15) is 6.33 Å². The number of nitrogens with zero attached hydrogens (tertiary/aromatic N) is 5. The molecule has 0 amide bonds. The van der Waals surface area contributed by atoms with Gasteiger partial charge in [-0.15, -0.1) is 0 Å². The number of aromatic amines is 1. The molecule has 0 aliphatic carbocycles. The highest BCUT2D eigenvalue weighted by Gasteiger charge is 2.19. The number of aromatic nitrogens is 6. The van der Waals surface area contributed by atoms with Crippen molar-refractivity contribution >= 4 is 5.65 Å². The Morgan fingerprint density at radius 2 is 1.92 bits per heavy atom. The molecule has 0 saturated heterocycles. The van der Waals surface area contributed by atoms with Gasteiger partial charge in [-0.25, -0.2) is 9.50 Å². The maximum Gasteiger partial charge on any atom is 0.158 e. The zero-order valence-electron chi connectivity index (χ0n) is 13.9. The van der Waals surface area contributed by atoms with Crippen LogP contribution in [-0.2, 0) is 0 Å². The van der Waals surface area contributed by atoms with Crippen LogP contribution in [0.4, 0.5) is 0 Å². The fourth-order valence-electron chi connectivity index (χ4n) is 3.09. The second-order valence-electron chi connectivity index (χ2n) is 6.19. The molecule has 4 rings (SSSR count). The largest absolute Gasteiger partial charge is 0.277 e. The van der Waals surface area contributed by atoms with E-state index >= 15 is 0 Å². The molecule has 6 nitrogen and oxygen atoms in total. The van der Waals surface area contributed by atoms with Crippen LogP contribution in [0, 0.1) is 6.92 Å². The summed E-state index contributed by atoms with van der Waals surface area (Å²) in [6, 6.07) is 6.09. The highest BCUT2D eigenvalue weighted by atomic mass is 15.3. The van der Waals surface area contributed by atoms with Gasteiger partial charge in [0.05, 0.1) is 11.4 Å². The van der Waals surface area contributed by atoms with Gasteiger partial charge in [-0.05, 0) is 36.6 Å². The molecule has 4 aromatic heterocycles. The molecule has 4 heterocycles. The number of fused-ring (bicyclic) bond motifs is 1. The molecule has 0 bridgehead atoms. The minimum Gasteiger partial charge on any atom is -0.277 e. The fourth-order valence-corrected chi connectivity index (χ4v) is 3.09. The first-order chi connectivity index (χ1) is 11.6. The van der Waals surface area contributed by atoms with Crippen molar-refractivity contribution in [2.24, 2.45) is 0 Å². The molecule has 0 radical (unpaired) electrons. The Bertz CT molecular complexity index is 997. The molecule has 24 heavy (non-hydrogen) atoms. The number of hydrogen-bond donors (Lipinski definition) is 1. The number of pyridine rings is 2. The van der Waals surface area contributed by atoms with Crippen molar-refractivity contribution in [3.8, 4) is 22.5 Å². The van der Waals surface area contributed by atoms with Gasteiger partial charge in [-0.3, -0.25) is 10.1 Å². The monoisotopic (exact) mass is 318 g/mol. The summed E-state index contributed by atoms with van der Waals surface area (Å²) >= 11 is 0. The predicted octanol–water partition coefficient (Wildman–Crippen LogP) is 3.61. The Labute approximate surface area is 139 Å². The smallest absolute Gasteiger partial charge is 0.158 e. The number of rotatable bonds is 3. The highest BCUT2D eigenvalue weighted by Crippen LogP contribution is 2.35. The summed E-state index contributed by atoms with van der Waals surface area (Å²) in [6.45, 7) is 6.41. The Balaban J connectivity index is 1.93. The van der Waals surface area contributed by atoms with Crippen LogP contribution in [0.3, 0.4) is 0 Å². The lowest BCUT2D eigenvalue weighted by atomic mass is 9.94. The molecule has 1 N–H and O–H groups in total. The van der Waals surface area contributed by atoms with Crippen LogP contribution in [0.2, 0.25) is 0 Å². The van der Waals surface area contributed by atoms with Crippen molar-refractivity contribution in [3.63, 3.8) is 0 Å². The second-order valence-corrected chi connectivity index (χ2v) is 6.19. The predicted molar refractivity (Wildman–Crippen MR) is 92.6 cm³/mol. The molecular formula is C18H18N6. The van der Waals surface area contributed by atoms with Crippen LogP contribution < -0.4 is 0 Å². The Hall–Kier alpha value is -3.02. The van der Waals surface area contributed by atoms with E-state index in [4.69, 9.17) is 0 Å². The van der Waals surface area contributed by atoms with Crippen LogP contribution in [0.15, 0.2) is 43.1 Å². The third-order valence-corrected chi connectivity index (χ3v) is 4.18. The Morgan fingerprint density at radius 1 is 1.12 bits per heavy atom. The number of H-pyrrole nitrogens is 1. The normalized spacial score (nSPS) is 11.5. The fraction of sp³-hybridized carbons (Fsp3) is 0.222. The average molecular weight is 318 g/mol. The van der Waals surface area contributed by atoms with Crippen molar-refractivity contribution < 1.29 is 0 Å². The maximum atomic E-state index is 4.58. The zero-order chi connectivity index (χ0) is 16.7. The lowest BCUT2D eigenvalue weighted by Gasteiger charge is -2.10. The second kappa shape index (κ2) is 5.56. The van der Waals surface area contributed by atoms with Gasteiger partial charge in [0.15, 0.2) is 5.65 Å². The van der Waals surface area contributed by atoms with E-state index in [0.29, 0.717) is 5.92 Å². The lowest BCUT2D eigenvalue weighted by molar-refractivity contribution is 0.871. The van der Waals surface area contributed by atoms with E-state index in [1.807, 2.05) is 29.8 Å². The summed E-state index contributed by atoms with van der Waals surface area (Å²) in [4.78, 5) is 8.38. The van der Waals surface area contributed by atoms with Gasteiger partial charge in [0, 0.05) is 35.3 Å². The van der Waals surface area contributed by atoms with Crippen molar-refractivity contribution in [1.29, 1.82) is 0 Å². The third kappa shape index (κ3) is 2.27. The van der Waals surface area contributed by atoms with Crippen LogP contribution >= 0.6 is 0 Å². The van der Waals surface area contributed by atoms with Crippen LogP contribution in [-0.4, -0.2) is 29.8 Å². The van der Waals surface area contributed by atoms with Crippen LogP contribution in [0.25, 0.3) is 28.2 Å². The van der Waals surface area contributed by atoms with Crippen LogP contribution in [0.5, 0.6) is 0 Å². The summed E-state index contributed by atoms with van der Waals surface area (Å²) in [5, 5.41) is 12.1. The summed E-state index contributed by atoms with van der Waals surface area (Å²) in [7, 11) is 0. The summed E-state index contributed by atoms with van der Waals surface area (Å²) in [5.41, 5.74) is 7.27. The standard InChI is InChI=1S/C18H18N6/c1-11(2)15-16(13-4-6-19-7-5-13)22-23-17(15)14-8-12(3)18-20-10-21-24(18)9-14/h4-11H,1-3H3,(H,22,23). The maximum absolute atomic E-state index is 4.58. The van der Waals surface area contributed by atoms with E-state index in [-0.39, 0.29) is 0 Å². The molecule has 0 aliphatic heterocycles. The highest BCUT2D eigenvalue weighted by molar-refractivity contribution is 5.75. The molecule has 4 aromatic rings. The average Bonchev–Trinajstić information content (AvgIpc) is 3.22.